The summed E-state index contributed by atoms with van der Waals surface area (Å²) in [6.45, 7) is 7.04. The Hall–Kier alpha value is -0.0800. The standard InChI is InChI=1S/C18H35NO/c1-14(2)15-7-8-17(13-19-18-9-10-18)16(12-15)6-4-5-11-20-3/h14-19H,4-13H2,1-3H3. The molecule has 3 unspecified atom stereocenters. The van der Waals surface area contributed by atoms with Crippen LogP contribution in [-0.2, 0) is 4.74 Å². The first-order valence-corrected chi connectivity index (χ1v) is 8.93. The molecule has 3 atom stereocenters. The van der Waals surface area contributed by atoms with Crippen LogP contribution in [0.1, 0.15) is 65.2 Å². The van der Waals surface area contributed by atoms with E-state index >= 15 is 0 Å². The quantitative estimate of drug-likeness (QED) is 0.638. The van der Waals surface area contributed by atoms with Crippen LogP contribution < -0.4 is 5.32 Å². The van der Waals surface area contributed by atoms with Gasteiger partial charge in [-0.3, -0.25) is 0 Å². The topological polar surface area (TPSA) is 21.3 Å². The molecule has 2 nitrogen and oxygen atoms in total. The average Bonchev–Trinajstić information content (AvgIpc) is 3.26. The molecular weight excluding hydrogens is 246 g/mol. The molecule has 0 aliphatic heterocycles. The second-order valence-electron chi connectivity index (χ2n) is 7.51. The molecule has 2 fully saturated rings. The summed E-state index contributed by atoms with van der Waals surface area (Å²) in [6.07, 6.45) is 11.2. The zero-order chi connectivity index (χ0) is 14.4. The van der Waals surface area contributed by atoms with Gasteiger partial charge < -0.3 is 10.1 Å². The van der Waals surface area contributed by atoms with Crippen LogP contribution in [0, 0.1) is 23.7 Å². The van der Waals surface area contributed by atoms with Crippen molar-refractivity contribution in [1.29, 1.82) is 0 Å². The van der Waals surface area contributed by atoms with Crippen LogP contribution in [0.5, 0.6) is 0 Å². The Morgan fingerprint density at radius 3 is 2.50 bits per heavy atom. The Balaban J connectivity index is 1.76. The van der Waals surface area contributed by atoms with Crippen molar-refractivity contribution >= 4 is 0 Å². The first-order chi connectivity index (χ1) is 9.70. The Morgan fingerprint density at radius 2 is 1.85 bits per heavy atom. The predicted molar refractivity (Wildman–Crippen MR) is 85.9 cm³/mol. The van der Waals surface area contributed by atoms with Crippen LogP contribution in [0.15, 0.2) is 0 Å². The Bertz CT molecular complexity index is 262. The van der Waals surface area contributed by atoms with Gasteiger partial charge in [-0.2, -0.15) is 0 Å². The largest absolute Gasteiger partial charge is 0.385 e. The highest BCUT2D eigenvalue weighted by molar-refractivity contribution is 4.86. The maximum absolute atomic E-state index is 5.19. The lowest BCUT2D eigenvalue weighted by Crippen LogP contribution is -2.35. The van der Waals surface area contributed by atoms with E-state index in [1.165, 1.54) is 57.9 Å². The summed E-state index contributed by atoms with van der Waals surface area (Å²) in [5.74, 6) is 3.74. The molecule has 0 aromatic rings. The number of ether oxygens (including phenoxy) is 1. The summed E-state index contributed by atoms with van der Waals surface area (Å²) in [5, 5.41) is 3.78. The van der Waals surface area contributed by atoms with Gasteiger partial charge in [0, 0.05) is 19.8 Å². The van der Waals surface area contributed by atoms with Gasteiger partial charge in [-0.15, -0.1) is 0 Å². The molecule has 0 aromatic heterocycles. The molecule has 0 saturated heterocycles. The summed E-state index contributed by atoms with van der Waals surface area (Å²) in [7, 11) is 1.82. The summed E-state index contributed by atoms with van der Waals surface area (Å²) in [5.41, 5.74) is 0. The van der Waals surface area contributed by atoms with E-state index in [0.717, 1.165) is 36.3 Å². The van der Waals surface area contributed by atoms with Crippen LogP contribution in [0.3, 0.4) is 0 Å². The van der Waals surface area contributed by atoms with Gasteiger partial charge in [-0.05, 0) is 68.7 Å². The molecular formula is C18H35NO. The molecule has 2 heteroatoms. The monoisotopic (exact) mass is 281 g/mol. The molecule has 118 valence electrons. The van der Waals surface area contributed by atoms with Crippen LogP contribution in [0.2, 0.25) is 0 Å². The van der Waals surface area contributed by atoms with Gasteiger partial charge in [0.25, 0.3) is 0 Å². The first-order valence-electron chi connectivity index (χ1n) is 8.93. The molecule has 2 aliphatic rings. The highest BCUT2D eigenvalue weighted by atomic mass is 16.5. The summed E-state index contributed by atoms with van der Waals surface area (Å²) < 4.78 is 5.19. The van der Waals surface area contributed by atoms with E-state index in [-0.39, 0.29) is 0 Å². The molecule has 0 amide bonds. The van der Waals surface area contributed by atoms with Crippen LogP contribution in [0.4, 0.5) is 0 Å². The lowest BCUT2D eigenvalue weighted by molar-refractivity contribution is 0.130. The Morgan fingerprint density at radius 1 is 1.05 bits per heavy atom. The zero-order valence-electron chi connectivity index (χ0n) is 13.9. The predicted octanol–water partition coefficient (Wildman–Crippen LogP) is 4.24. The van der Waals surface area contributed by atoms with E-state index in [1.54, 1.807) is 0 Å². The van der Waals surface area contributed by atoms with E-state index in [1.807, 2.05) is 7.11 Å². The second kappa shape index (κ2) is 8.38. The first kappa shape index (κ1) is 16.3. The van der Waals surface area contributed by atoms with Gasteiger partial charge in [0.2, 0.25) is 0 Å². The summed E-state index contributed by atoms with van der Waals surface area (Å²) in [4.78, 5) is 0. The maximum atomic E-state index is 5.19. The molecule has 0 aromatic carbocycles. The fourth-order valence-corrected chi connectivity index (χ4v) is 3.85. The number of hydrogen-bond donors (Lipinski definition) is 1. The highest BCUT2D eigenvalue weighted by Gasteiger charge is 2.32. The van der Waals surface area contributed by atoms with E-state index in [0.29, 0.717) is 0 Å². The summed E-state index contributed by atoms with van der Waals surface area (Å²) in [6, 6.07) is 0.868. The fourth-order valence-electron chi connectivity index (χ4n) is 3.85. The van der Waals surface area contributed by atoms with Gasteiger partial charge in [0.1, 0.15) is 0 Å². The van der Waals surface area contributed by atoms with Crippen molar-refractivity contribution in [2.24, 2.45) is 23.7 Å². The third kappa shape index (κ3) is 5.37. The van der Waals surface area contributed by atoms with Gasteiger partial charge >= 0.3 is 0 Å². The van der Waals surface area contributed by atoms with Crippen LogP contribution in [0.25, 0.3) is 0 Å². The molecule has 0 radical (unpaired) electrons. The van der Waals surface area contributed by atoms with Gasteiger partial charge in [0.15, 0.2) is 0 Å². The highest BCUT2D eigenvalue weighted by Crippen LogP contribution is 2.40. The smallest absolute Gasteiger partial charge is 0.0462 e. The van der Waals surface area contributed by atoms with E-state index in [2.05, 4.69) is 19.2 Å². The Labute approximate surface area is 126 Å². The normalized spacial score (nSPS) is 30.9. The molecule has 1 N–H and O–H groups in total. The molecule has 2 aliphatic carbocycles. The van der Waals surface area contributed by atoms with Crippen molar-refractivity contribution in [1.82, 2.24) is 5.32 Å². The maximum Gasteiger partial charge on any atom is 0.0462 e. The van der Waals surface area contributed by atoms with Crippen molar-refractivity contribution < 1.29 is 4.74 Å². The number of unbranched alkanes of at least 4 members (excludes halogenated alkanes) is 1. The molecule has 0 spiro atoms. The zero-order valence-corrected chi connectivity index (χ0v) is 13.9. The minimum atomic E-state index is 0.868. The average molecular weight is 281 g/mol. The molecule has 0 heterocycles. The number of rotatable bonds is 9. The van der Waals surface area contributed by atoms with Gasteiger partial charge in [-0.1, -0.05) is 26.7 Å². The van der Waals surface area contributed by atoms with E-state index < -0.39 is 0 Å². The molecule has 2 saturated carbocycles. The van der Waals surface area contributed by atoms with Crippen molar-refractivity contribution in [3.63, 3.8) is 0 Å². The lowest BCUT2D eigenvalue weighted by Gasteiger charge is -2.38. The fraction of sp³-hybridized carbons (Fsp3) is 1.00. The van der Waals surface area contributed by atoms with E-state index in [9.17, 15) is 0 Å². The van der Waals surface area contributed by atoms with Crippen molar-refractivity contribution in [3.8, 4) is 0 Å². The SMILES string of the molecule is COCCCCC1CC(C(C)C)CCC1CNC1CC1. The minimum absolute atomic E-state index is 0.868. The molecule has 0 bridgehead atoms. The van der Waals surface area contributed by atoms with E-state index in [4.69, 9.17) is 4.74 Å². The lowest BCUT2D eigenvalue weighted by atomic mass is 9.69. The minimum Gasteiger partial charge on any atom is -0.385 e. The number of methoxy groups -OCH3 is 1. The molecule has 20 heavy (non-hydrogen) atoms. The third-order valence-corrected chi connectivity index (χ3v) is 5.54. The van der Waals surface area contributed by atoms with Crippen molar-refractivity contribution in [3.05, 3.63) is 0 Å². The summed E-state index contributed by atoms with van der Waals surface area (Å²) >= 11 is 0. The van der Waals surface area contributed by atoms with Crippen molar-refractivity contribution in [2.75, 3.05) is 20.3 Å². The van der Waals surface area contributed by atoms with Gasteiger partial charge in [0.05, 0.1) is 0 Å². The van der Waals surface area contributed by atoms with Crippen molar-refractivity contribution in [2.45, 2.75) is 71.3 Å². The second-order valence-corrected chi connectivity index (χ2v) is 7.51. The van der Waals surface area contributed by atoms with Crippen LogP contribution in [-0.4, -0.2) is 26.3 Å². The number of nitrogens with one attached hydrogen (secondary N) is 1. The molecule has 2 rings (SSSR count). The third-order valence-electron chi connectivity index (χ3n) is 5.54. The Kier molecular flexibility index (Phi) is 6.83. The van der Waals surface area contributed by atoms with Gasteiger partial charge in [-0.25, -0.2) is 0 Å². The van der Waals surface area contributed by atoms with Crippen LogP contribution >= 0.6 is 0 Å². The number of hydrogen-bond acceptors (Lipinski definition) is 2.